The fraction of sp³-hybridized carbons (Fsp3) is 0.562. The summed E-state index contributed by atoms with van der Waals surface area (Å²) in [5.74, 6) is 1.38. The summed E-state index contributed by atoms with van der Waals surface area (Å²) in [7, 11) is -1.56. The van der Waals surface area contributed by atoms with Crippen LogP contribution in [0.25, 0.3) is 0 Å². The van der Waals surface area contributed by atoms with E-state index in [2.05, 4.69) is 29.5 Å². The molecular formula is C16H27N3O2S. The van der Waals surface area contributed by atoms with Crippen molar-refractivity contribution < 1.29 is 8.42 Å². The van der Waals surface area contributed by atoms with Gasteiger partial charge in [0, 0.05) is 20.1 Å². The number of nitrogens with one attached hydrogen (secondary N) is 2. The largest absolute Gasteiger partial charge is 0.356 e. The second-order valence-electron chi connectivity index (χ2n) is 5.59. The van der Waals surface area contributed by atoms with Gasteiger partial charge in [0.25, 0.3) is 0 Å². The summed E-state index contributed by atoms with van der Waals surface area (Å²) in [6.45, 7) is 5.56. The highest BCUT2D eigenvalue weighted by Crippen LogP contribution is 2.09. The lowest BCUT2D eigenvalue weighted by Crippen LogP contribution is -2.40. The van der Waals surface area contributed by atoms with Gasteiger partial charge in [-0.05, 0) is 30.9 Å². The number of aliphatic imine (C=N–C) groups is 1. The number of sulfone groups is 1. The van der Waals surface area contributed by atoms with Crippen molar-refractivity contribution in [3.05, 3.63) is 30.3 Å². The lowest BCUT2D eigenvalue weighted by molar-refractivity contribution is 0.549. The first-order valence-corrected chi connectivity index (χ1v) is 9.33. The molecule has 0 unspecified atom stereocenters. The quantitative estimate of drug-likeness (QED) is 0.436. The maximum atomic E-state index is 12.1. The molecule has 1 rings (SSSR count). The predicted molar refractivity (Wildman–Crippen MR) is 91.9 cm³/mol. The van der Waals surface area contributed by atoms with Crippen molar-refractivity contribution in [1.82, 2.24) is 10.6 Å². The van der Waals surface area contributed by atoms with Gasteiger partial charge in [0.05, 0.1) is 10.6 Å². The lowest BCUT2D eigenvalue weighted by atomic mass is 10.1. The van der Waals surface area contributed by atoms with E-state index in [-0.39, 0.29) is 5.75 Å². The maximum absolute atomic E-state index is 12.1. The van der Waals surface area contributed by atoms with Gasteiger partial charge in [-0.1, -0.05) is 32.0 Å². The molecule has 0 heterocycles. The Balaban J connectivity index is 2.35. The summed E-state index contributed by atoms with van der Waals surface area (Å²) in [5.41, 5.74) is 0. The Hall–Kier alpha value is -1.56. The summed E-state index contributed by atoms with van der Waals surface area (Å²) in [6, 6.07) is 8.51. The van der Waals surface area contributed by atoms with Crippen LogP contribution in [0.2, 0.25) is 0 Å². The molecule has 0 aliphatic carbocycles. The predicted octanol–water partition coefficient (Wildman–Crippen LogP) is 2.06. The highest BCUT2D eigenvalue weighted by atomic mass is 32.2. The number of guanidine groups is 1. The average molecular weight is 325 g/mol. The highest BCUT2D eigenvalue weighted by Gasteiger charge is 2.13. The van der Waals surface area contributed by atoms with Gasteiger partial charge < -0.3 is 10.6 Å². The van der Waals surface area contributed by atoms with Gasteiger partial charge in [-0.25, -0.2) is 8.42 Å². The molecule has 22 heavy (non-hydrogen) atoms. The van der Waals surface area contributed by atoms with Crippen molar-refractivity contribution in [3.63, 3.8) is 0 Å². The Bertz CT molecular complexity index is 554. The van der Waals surface area contributed by atoms with Crippen molar-refractivity contribution in [2.75, 3.05) is 25.9 Å². The van der Waals surface area contributed by atoms with Crippen LogP contribution in [0.1, 0.15) is 26.7 Å². The van der Waals surface area contributed by atoms with Crippen LogP contribution < -0.4 is 10.6 Å². The fourth-order valence-electron chi connectivity index (χ4n) is 1.99. The van der Waals surface area contributed by atoms with Crippen molar-refractivity contribution in [1.29, 1.82) is 0 Å². The number of nitrogens with zero attached hydrogens (tertiary/aromatic N) is 1. The van der Waals surface area contributed by atoms with Crippen molar-refractivity contribution >= 4 is 15.8 Å². The van der Waals surface area contributed by atoms with Gasteiger partial charge >= 0.3 is 0 Å². The Kier molecular flexibility index (Phi) is 7.95. The Labute approximate surface area is 134 Å². The molecule has 0 radical (unpaired) electrons. The normalized spacial score (nSPS) is 12.5. The van der Waals surface area contributed by atoms with Gasteiger partial charge in [0.1, 0.15) is 0 Å². The molecule has 0 saturated carbocycles. The topological polar surface area (TPSA) is 70.6 Å². The molecule has 6 heteroatoms. The van der Waals surface area contributed by atoms with E-state index in [1.807, 2.05) is 0 Å². The maximum Gasteiger partial charge on any atom is 0.191 e. The molecule has 0 aromatic heterocycles. The molecule has 2 N–H and O–H groups in total. The van der Waals surface area contributed by atoms with Crippen LogP contribution in [-0.2, 0) is 9.84 Å². The molecular weight excluding hydrogens is 298 g/mol. The lowest BCUT2D eigenvalue weighted by Gasteiger charge is -2.12. The van der Waals surface area contributed by atoms with Crippen LogP contribution in [0, 0.1) is 5.92 Å². The third-order valence-electron chi connectivity index (χ3n) is 3.24. The Morgan fingerprint density at radius 1 is 1.14 bits per heavy atom. The molecule has 0 atom stereocenters. The minimum atomic E-state index is -3.25. The zero-order valence-electron chi connectivity index (χ0n) is 13.7. The van der Waals surface area contributed by atoms with Crippen molar-refractivity contribution in [3.8, 4) is 0 Å². The number of hydrogen-bond acceptors (Lipinski definition) is 3. The van der Waals surface area contributed by atoms with Crippen LogP contribution >= 0.6 is 0 Å². The minimum Gasteiger partial charge on any atom is -0.356 e. The molecule has 124 valence electrons. The number of rotatable bonds is 8. The summed E-state index contributed by atoms with van der Waals surface area (Å²) >= 11 is 0. The monoisotopic (exact) mass is 325 g/mol. The van der Waals surface area contributed by atoms with Crippen LogP contribution in [0.3, 0.4) is 0 Å². The molecule has 0 aliphatic heterocycles. The van der Waals surface area contributed by atoms with Gasteiger partial charge in [-0.15, -0.1) is 0 Å². The third-order valence-corrected chi connectivity index (χ3v) is 4.97. The molecule has 5 nitrogen and oxygen atoms in total. The SMILES string of the molecule is CN=C(NCCCC(C)C)NCCS(=O)(=O)c1ccccc1. The molecule has 0 saturated heterocycles. The van der Waals surface area contributed by atoms with E-state index in [0.717, 1.165) is 19.4 Å². The second kappa shape index (κ2) is 9.46. The van der Waals surface area contributed by atoms with E-state index in [1.165, 1.54) is 0 Å². The Morgan fingerprint density at radius 2 is 1.77 bits per heavy atom. The van der Waals surface area contributed by atoms with Gasteiger partial charge in [-0.3, -0.25) is 4.99 Å². The van der Waals surface area contributed by atoms with E-state index in [9.17, 15) is 8.42 Å². The summed E-state index contributed by atoms with van der Waals surface area (Å²) in [5, 5.41) is 6.24. The van der Waals surface area contributed by atoms with E-state index in [4.69, 9.17) is 0 Å². The fourth-order valence-corrected chi connectivity index (χ4v) is 3.17. The number of benzene rings is 1. The molecule has 0 aliphatic rings. The average Bonchev–Trinajstić information content (AvgIpc) is 2.50. The van der Waals surface area contributed by atoms with Crippen molar-refractivity contribution in [2.45, 2.75) is 31.6 Å². The van der Waals surface area contributed by atoms with Crippen LogP contribution in [0.5, 0.6) is 0 Å². The van der Waals surface area contributed by atoms with Gasteiger partial charge in [-0.2, -0.15) is 0 Å². The van der Waals surface area contributed by atoms with E-state index in [1.54, 1.807) is 37.4 Å². The minimum absolute atomic E-state index is 0.0453. The second-order valence-corrected chi connectivity index (χ2v) is 7.70. The van der Waals surface area contributed by atoms with Gasteiger partial charge in [0.15, 0.2) is 15.8 Å². The number of hydrogen-bond donors (Lipinski definition) is 2. The first kappa shape index (κ1) is 18.5. The van der Waals surface area contributed by atoms with Crippen molar-refractivity contribution in [2.24, 2.45) is 10.9 Å². The zero-order valence-corrected chi connectivity index (χ0v) is 14.5. The summed E-state index contributed by atoms with van der Waals surface area (Å²) in [6.07, 6.45) is 2.23. The van der Waals surface area contributed by atoms with Gasteiger partial charge in [0.2, 0.25) is 0 Å². The first-order valence-electron chi connectivity index (χ1n) is 7.68. The molecule has 1 aromatic carbocycles. The molecule has 0 spiro atoms. The molecule has 1 aromatic rings. The first-order chi connectivity index (χ1) is 10.5. The standard InChI is InChI=1S/C16H27N3O2S/c1-14(2)8-7-11-18-16(17-3)19-12-13-22(20,21)15-9-5-4-6-10-15/h4-6,9-10,14H,7-8,11-13H2,1-3H3,(H2,17,18,19). The summed E-state index contributed by atoms with van der Waals surface area (Å²) in [4.78, 5) is 4.45. The zero-order chi connectivity index (χ0) is 16.4. The van der Waals surface area contributed by atoms with E-state index in [0.29, 0.717) is 23.3 Å². The molecule has 0 bridgehead atoms. The molecule has 0 amide bonds. The van der Waals surface area contributed by atoms with E-state index < -0.39 is 9.84 Å². The van der Waals surface area contributed by atoms with Crippen LogP contribution in [-0.4, -0.2) is 40.3 Å². The van der Waals surface area contributed by atoms with Crippen LogP contribution in [0.4, 0.5) is 0 Å². The Morgan fingerprint density at radius 3 is 2.36 bits per heavy atom. The highest BCUT2D eigenvalue weighted by molar-refractivity contribution is 7.91. The van der Waals surface area contributed by atoms with Crippen LogP contribution in [0.15, 0.2) is 40.2 Å². The third kappa shape index (κ3) is 6.93. The van der Waals surface area contributed by atoms with E-state index >= 15 is 0 Å². The smallest absolute Gasteiger partial charge is 0.191 e. The molecule has 0 fully saturated rings. The summed E-state index contributed by atoms with van der Waals surface area (Å²) < 4.78 is 24.3.